The van der Waals surface area contributed by atoms with Crippen molar-refractivity contribution in [1.29, 1.82) is 0 Å². The number of thiophene rings is 1. The highest BCUT2D eigenvalue weighted by Gasteiger charge is 2.06. The van der Waals surface area contributed by atoms with E-state index in [1.165, 1.54) is 11.3 Å². The number of rotatable bonds is 4. The zero-order chi connectivity index (χ0) is 10.6. The Balaban J connectivity index is 2.36. The van der Waals surface area contributed by atoms with E-state index < -0.39 is 0 Å². The first-order chi connectivity index (χ1) is 6.59. The Bertz CT molecular complexity index is 307. The van der Waals surface area contributed by atoms with Gasteiger partial charge in [0.2, 0.25) is 0 Å². The minimum atomic E-state index is 0.00347. The van der Waals surface area contributed by atoms with Crippen LogP contribution in [0, 0.1) is 6.92 Å². The van der Waals surface area contributed by atoms with Crippen LogP contribution in [0.5, 0.6) is 0 Å². The molecule has 3 nitrogen and oxygen atoms in total. The summed E-state index contributed by atoms with van der Waals surface area (Å²) in [6, 6.07) is 3.94. The fourth-order valence-electron chi connectivity index (χ4n) is 1.06. The van der Waals surface area contributed by atoms with Crippen LogP contribution in [0.1, 0.15) is 27.9 Å². The molecular weight excluding hydrogens is 196 g/mol. The lowest BCUT2D eigenvalue weighted by atomic mass is 10.2. The summed E-state index contributed by atoms with van der Waals surface area (Å²) in [5.41, 5.74) is 5.57. The van der Waals surface area contributed by atoms with Crippen molar-refractivity contribution in [2.75, 3.05) is 6.54 Å². The molecule has 4 heteroatoms. The van der Waals surface area contributed by atoms with E-state index in [9.17, 15) is 4.79 Å². The molecule has 0 saturated heterocycles. The smallest absolute Gasteiger partial charge is 0.261 e. The molecular formula is C10H16N2OS. The first-order valence-corrected chi connectivity index (χ1v) is 5.51. The van der Waals surface area contributed by atoms with E-state index in [4.69, 9.17) is 5.73 Å². The Hall–Kier alpha value is -0.870. The molecule has 1 unspecified atom stereocenters. The molecule has 1 heterocycles. The van der Waals surface area contributed by atoms with Crippen LogP contribution in [0.4, 0.5) is 0 Å². The first kappa shape index (κ1) is 11.2. The van der Waals surface area contributed by atoms with Gasteiger partial charge >= 0.3 is 0 Å². The van der Waals surface area contributed by atoms with E-state index >= 15 is 0 Å². The van der Waals surface area contributed by atoms with Crippen molar-refractivity contribution in [3.63, 3.8) is 0 Å². The second-order valence-corrected chi connectivity index (χ2v) is 4.72. The van der Waals surface area contributed by atoms with Gasteiger partial charge in [-0.2, -0.15) is 0 Å². The topological polar surface area (TPSA) is 55.1 Å². The highest BCUT2D eigenvalue weighted by Crippen LogP contribution is 2.14. The fraction of sp³-hybridized carbons (Fsp3) is 0.500. The molecule has 1 aromatic rings. The summed E-state index contributed by atoms with van der Waals surface area (Å²) in [6.07, 6.45) is 0.816. The van der Waals surface area contributed by atoms with Crippen molar-refractivity contribution in [2.45, 2.75) is 26.3 Å². The molecule has 0 saturated carbocycles. The first-order valence-electron chi connectivity index (χ1n) is 4.70. The number of carbonyl (C=O) groups is 1. The van der Waals surface area contributed by atoms with E-state index in [0.29, 0.717) is 6.54 Å². The lowest BCUT2D eigenvalue weighted by molar-refractivity contribution is 0.0957. The Morgan fingerprint density at radius 3 is 2.86 bits per heavy atom. The van der Waals surface area contributed by atoms with E-state index in [1.54, 1.807) is 0 Å². The molecule has 1 amide bonds. The average Bonchev–Trinajstić information content (AvgIpc) is 2.51. The van der Waals surface area contributed by atoms with Crippen LogP contribution in [0.25, 0.3) is 0 Å². The summed E-state index contributed by atoms with van der Waals surface area (Å²) in [5.74, 6) is 0.00347. The maximum absolute atomic E-state index is 11.5. The van der Waals surface area contributed by atoms with E-state index in [2.05, 4.69) is 5.32 Å². The van der Waals surface area contributed by atoms with E-state index in [-0.39, 0.29) is 11.9 Å². The average molecular weight is 212 g/mol. The number of hydrogen-bond acceptors (Lipinski definition) is 3. The molecule has 1 aromatic heterocycles. The summed E-state index contributed by atoms with van der Waals surface area (Å²) in [4.78, 5) is 13.4. The molecule has 0 radical (unpaired) electrons. The van der Waals surface area contributed by atoms with Gasteiger partial charge < -0.3 is 11.1 Å². The molecule has 0 bridgehead atoms. The molecule has 0 fully saturated rings. The maximum Gasteiger partial charge on any atom is 0.261 e. The van der Waals surface area contributed by atoms with Crippen molar-refractivity contribution in [1.82, 2.24) is 5.32 Å². The summed E-state index contributed by atoms with van der Waals surface area (Å²) < 4.78 is 0. The highest BCUT2D eigenvalue weighted by molar-refractivity contribution is 7.13. The minimum absolute atomic E-state index is 0.00347. The molecule has 0 aliphatic rings. The molecule has 0 aliphatic heterocycles. The zero-order valence-electron chi connectivity index (χ0n) is 8.54. The van der Waals surface area contributed by atoms with Gasteiger partial charge in [0.15, 0.2) is 0 Å². The van der Waals surface area contributed by atoms with Gasteiger partial charge in [-0.15, -0.1) is 11.3 Å². The largest absolute Gasteiger partial charge is 0.351 e. The molecule has 14 heavy (non-hydrogen) atoms. The highest BCUT2D eigenvalue weighted by atomic mass is 32.1. The zero-order valence-corrected chi connectivity index (χ0v) is 9.36. The molecule has 1 atom stereocenters. The van der Waals surface area contributed by atoms with Crippen LogP contribution in [0.2, 0.25) is 0 Å². The third-order valence-electron chi connectivity index (χ3n) is 1.85. The predicted octanol–water partition coefficient (Wildman–Crippen LogP) is 1.52. The summed E-state index contributed by atoms with van der Waals surface area (Å²) >= 11 is 1.51. The van der Waals surface area contributed by atoms with Crippen LogP contribution in [-0.4, -0.2) is 18.5 Å². The number of nitrogens with two attached hydrogens (primary N) is 1. The maximum atomic E-state index is 11.5. The van der Waals surface area contributed by atoms with Crippen molar-refractivity contribution in [3.8, 4) is 0 Å². The van der Waals surface area contributed by atoms with Crippen molar-refractivity contribution in [3.05, 3.63) is 21.9 Å². The third-order valence-corrected chi connectivity index (χ3v) is 2.85. The number of carbonyl (C=O) groups excluding carboxylic acids is 1. The van der Waals surface area contributed by atoms with Gasteiger partial charge in [0.05, 0.1) is 4.88 Å². The molecule has 0 spiro atoms. The molecule has 3 N–H and O–H groups in total. The van der Waals surface area contributed by atoms with Gasteiger partial charge in [-0.1, -0.05) is 0 Å². The van der Waals surface area contributed by atoms with Gasteiger partial charge in [-0.3, -0.25) is 4.79 Å². The minimum Gasteiger partial charge on any atom is -0.351 e. The second-order valence-electron chi connectivity index (χ2n) is 3.43. The lowest BCUT2D eigenvalue weighted by Gasteiger charge is -2.05. The monoisotopic (exact) mass is 212 g/mol. The fourth-order valence-corrected chi connectivity index (χ4v) is 1.84. The molecule has 78 valence electrons. The number of nitrogens with one attached hydrogen (secondary N) is 1. The molecule has 0 aliphatic carbocycles. The number of amides is 1. The van der Waals surface area contributed by atoms with Crippen LogP contribution in [0.3, 0.4) is 0 Å². The number of aryl methyl sites for hydroxylation is 1. The Morgan fingerprint density at radius 2 is 2.36 bits per heavy atom. The predicted molar refractivity (Wildman–Crippen MR) is 59.7 cm³/mol. The van der Waals surface area contributed by atoms with Gasteiger partial charge in [0.25, 0.3) is 5.91 Å². The Morgan fingerprint density at radius 1 is 1.64 bits per heavy atom. The quantitative estimate of drug-likeness (QED) is 0.795. The second kappa shape index (κ2) is 5.12. The number of hydrogen-bond donors (Lipinski definition) is 2. The Kier molecular flexibility index (Phi) is 4.10. The third kappa shape index (κ3) is 3.47. The van der Waals surface area contributed by atoms with Gasteiger partial charge in [-0.05, 0) is 32.4 Å². The van der Waals surface area contributed by atoms with Crippen LogP contribution < -0.4 is 11.1 Å². The summed E-state index contributed by atoms with van der Waals surface area (Å²) in [7, 11) is 0. The standard InChI is InChI=1S/C10H16N2OS/c1-7(11)5-6-12-10(13)9-4-3-8(2)14-9/h3-4,7H,5-6,11H2,1-2H3,(H,12,13). The van der Waals surface area contributed by atoms with Gasteiger partial charge in [0, 0.05) is 17.5 Å². The molecule has 0 aromatic carbocycles. The lowest BCUT2D eigenvalue weighted by Crippen LogP contribution is -2.28. The Labute approximate surface area is 88.3 Å². The van der Waals surface area contributed by atoms with Crippen molar-refractivity contribution >= 4 is 17.2 Å². The summed E-state index contributed by atoms with van der Waals surface area (Å²) in [5, 5.41) is 2.84. The van der Waals surface area contributed by atoms with Crippen LogP contribution in [0.15, 0.2) is 12.1 Å². The van der Waals surface area contributed by atoms with Crippen molar-refractivity contribution in [2.24, 2.45) is 5.73 Å². The van der Waals surface area contributed by atoms with E-state index in [1.807, 2.05) is 26.0 Å². The van der Waals surface area contributed by atoms with Gasteiger partial charge in [-0.25, -0.2) is 0 Å². The van der Waals surface area contributed by atoms with Gasteiger partial charge in [0.1, 0.15) is 0 Å². The van der Waals surface area contributed by atoms with Crippen molar-refractivity contribution < 1.29 is 4.79 Å². The SMILES string of the molecule is Cc1ccc(C(=O)NCCC(C)N)s1. The van der Waals surface area contributed by atoms with Crippen LogP contribution >= 0.6 is 11.3 Å². The normalized spacial score (nSPS) is 12.5. The van der Waals surface area contributed by atoms with Crippen LogP contribution in [-0.2, 0) is 0 Å². The van der Waals surface area contributed by atoms with E-state index in [0.717, 1.165) is 16.2 Å². The summed E-state index contributed by atoms with van der Waals surface area (Å²) in [6.45, 7) is 4.57. The molecule has 1 rings (SSSR count).